The third-order valence-corrected chi connectivity index (χ3v) is 9.57. The van der Waals surface area contributed by atoms with Crippen molar-refractivity contribution in [3.63, 3.8) is 0 Å². The van der Waals surface area contributed by atoms with Crippen LogP contribution in [-0.2, 0) is 36.2 Å². The Morgan fingerprint density at radius 1 is 0.867 bits per heavy atom. The van der Waals surface area contributed by atoms with E-state index < -0.39 is 5.60 Å². The van der Waals surface area contributed by atoms with Crippen LogP contribution < -0.4 is 16.0 Å². The highest BCUT2D eigenvalue weighted by atomic mass is 32.2. The molecular weight excluding hydrogens is 605 g/mol. The van der Waals surface area contributed by atoms with Gasteiger partial charge in [-0.15, -0.1) is 23.1 Å². The molecule has 0 fully saturated rings. The number of aromatic nitrogens is 1. The Morgan fingerprint density at radius 2 is 1.53 bits per heavy atom. The van der Waals surface area contributed by atoms with Crippen molar-refractivity contribution < 1.29 is 19.4 Å². The van der Waals surface area contributed by atoms with Crippen molar-refractivity contribution in [2.45, 2.75) is 36.3 Å². The number of thiophene rings is 1. The van der Waals surface area contributed by atoms with E-state index >= 15 is 0 Å². The topological polar surface area (TPSA) is 120 Å². The van der Waals surface area contributed by atoms with E-state index in [1.807, 2.05) is 84.3 Å². The standard InChI is InChI=1S/C35H38N4O4S2/c1-44-33-25(12-15-31(41)32(33)39-24-40)16-19-36-21-18-29-13-14-30(45-29)23-37-20-17-28-22-38-34(43-28)35(42,26-8-4-2-5-9-26)27-10-6-3-7-11-27/h2-15,22,24,36-37,41-42H,16-21,23H2,1H3,(H,39,40). The van der Waals surface area contributed by atoms with Crippen LogP contribution in [0.5, 0.6) is 5.75 Å². The second-order valence-electron chi connectivity index (χ2n) is 10.5. The van der Waals surface area contributed by atoms with Crippen LogP contribution in [-0.4, -0.2) is 47.5 Å². The van der Waals surface area contributed by atoms with Crippen LogP contribution in [0.25, 0.3) is 0 Å². The second-order valence-corrected chi connectivity index (χ2v) is 12.6. The minimum Gasteiger partial charge on any atom is -0.506 e. The number of aromatic hydroxyl groups is 1. The van der Waals surface area contributed by atoms with E-state index in [2.05, 4.69) is 33.1 Å². The Hall–Kier alpha value is -3.93. The molecule has 45 heavy (non-hydrogen) atoms. The normalized spacial score (nSPS) is 11.5. The molecule has 0 radical (unpaired) electrons. The van der Waals surface area contributed by atoms with Crippen LogP contribution in [0, 0.1) is 0 Å². The summed E-state index contributed by atoms with van der Waals surface area (Å²) in [6.45, 7) is 3.16. The molecule has 0 bridgehead atoms. The van der Waals surface area contributed by atoms with Crippen LogP contribution in [0.2, 0.25) is 0 Å². The molecule has 0 unspecified atom stereocenters. The van der Waals surface area contributed by atoms with Gasteiger partial charge < -0.3 is 30.6 Å². The molecule has 5 N–H and O–H groups in total. The van der Waals surface area contributed by atoms with E-state index in [1.54, 1.807) is 12.3 Å². The monoisotopic (exact) mass is 642 g/mol. The van der Waals surface area contributed by atoms with E-state index in [4.69, 9.17) is 4.42 Å². The van der Waals surface area contributed by atoms with Gasteiger partial charge in [0.2, 0.25) is 12.3 Å². The Bertz CT molecular complexity index is 1620. The van der Waals surface area contributed by atoms with Gasteiger partial charge in [-0.3, -0.25) is 4.79 Å². The molecule has 0 aliphatic heterocycles. The summed E-state index contributed by atoms with van der Waals surface area (Å²) in [7, 11) is 0. The molecule has 0 atom stereocenters. The molecule has 0 saturated carbocycles. The molecule has 5 rings (SSSR count). The zero-order valence-corrected chi connectivity index (χ0v) is 26.8. The zero-order chi connectivity index (χ0) is 31.5. The lowest BCUT2D eigenvalue weighted by atomic mass is 9.86. The van der Waals surface area contributed by atoms with Gasteiger partial charge in [0.05, 0.1) is 11.9 Å². The highest BCUT2D eigenvalue weighted by Gasteiger charge is 2.38. The summed E-state index contributed by atoms with van der Waals surface area (Å²) in [5.74, 6) is 1.06. The fourth-order valence-corrected chi connectivity index (χ4v) is 7.03. The van der Waals surface area contributed by atoms with Crippen molar-refractivity contribution in [2.24, 2.45) is 0 Å². The molecule has 5 aromatic rings. The molecule has 234 valence electrons. The molecule has 8 nitrogen and oxygen atoms in total. The first-order chi connectivity index (χ1) is 22.0. The summed E-state index contributed by atoms with van der Waals surface area (Å²) in [6.07, 6.45) is 6.63. The third kappa shape index (κ3) is 8.02. The fraction of sp³-hybridized carbons (Fsp3) is 0.257. The summed E-state index contributed by atoms with van der Waals surface area (Å²) < 4.78 is 6.11. The first kappa shape index (κ1) is 32.5. The number of carbonyl (C=O) groups excluding carboxylic acids is 1. The third-order valence-electron chi connectivity index (χ3n) is 7.55. The molecule has 1 amide bonds. The van der Waals surface area contributed by atoms with Crippen LogP contribution in [0.15, 0.2) is 100 Å². The highest BCUT2D eigenvalue weighted by Crippen LogP contribution is 2.37. The number of phenols is 1. The number of thioether (sulfide) groups is 1. The Morgan fingerprint density at radius 3 is 2.22 bits per heavy atom. The summed E-state index contributed by atoms with van der Waals surface area (Å²) in [5, 5.41) is 31.5. The Kier molecular flexibility index (Phi) is 11.5. The number of benzene rings is 3. The number of phenolic OH excluding ortho intramolecular Hbond substituents is 1. The van der Waals surface area contributed by atoms with Crippen LogP contribution in [0.4, 0.5) is 5.69 Å². The van der Waals surface area contributed by atoms with Crippen molar-refractivity contribution in [3.8, 4) is 5.75 Å². The van der Waals surface area contributed by atoms with Crippen LogP contribution in [0.3, 0.4) is 0 Å². The van der Waals surface area contributed by atoms with Gasteiger partial charge >= 0.3 is 0 Å². The van der Waals surface area contributed by atoms with Gasteiger partial charge in [0, 0.05) is 34.2 Å². The van der Waals surface area contributed by atoms with Crippen LogP contribution in [0.1, 0.15) is 38.1 Å². The van der Waals surface area contributed by atoms with Gasteiger partial charge in [-0.1, -0.05) is 66.7 Å². The lowest BCUT2D eigenvalue weighted by Gasteiger charge is -2.26. The molecule has 0 aliphatic carbocycles. The first-order valence-corrected chi connectivity index (χ1v) is 16.9. The van der Waals surface area contributed by atoms with Gasteiger partial charge in [0.1, 0.15) is 11.5 Å². The van der Waals surface area contributed by atoms with Crippen molar-refractivity contribution in [3.05, 3.63) is 129 Å². The quantitative estimate of drug-likeness (QED) is 0.0378. The number of rotatable bonds is 17. The number of nitrogens with one attached hydrogen (secondary N) is 3. The molecule has 3 aromatic carbocycles. The lowest BCUT2D eigenvalue weighted by molar-refractivity contribution is -0.105. The minimum atomic E-state index is -1.47. The number of amides is 1. The zero-order valence-electron chi connectivity index (χ0n) is 25.2. The molecule has 0 spiro atoms. The summed E-state index contributed by atoms with van der Waals surface area (Å²) in [5.41, 5.74) is 1.49. The maximum Gasteiger partial charge on any atom is 0.235 e. The number of oxazole rings is 1. The van der Waals surface area contributed by atoms with Gasteiger partial charge in [0.25, 0.3) is 0 Å². The predicted molar refractivity (Wildman–Crippen MR) is 181 cm³/mol. The summed E-state index contributed by atoms with van der Waals surface area (Å²) in [6, 6.07) is 26.9. The van der Waals surface area contributed by atoms with Gasteiger partial charge in [-0.25, -0.2) is 4.98 Å². The molecular formula is C35H38N4O4S2. The molecule has 0 aliphatic rings. The fourth-order valence-electron chi connectivity index (χ4n) is 5.24. The minimum absolute atomic E-state index is 0.0775. The Labute approximate surface area is 271 Å². The number of carbonyl (C=O) groups is 1. The molecule has 2 heterocycles. The van der Waals surface area contributed by atoms with Crippen molar-refractivity contribution in [1.82, 2.24) is 15.6 Å². The van der Waals surface area contributed by atoms with Crippen molar-refractivity contribution in [1.29, 1.82) is 0 Å². The average molecular weight is 643 g/mol. The van der Waals surface area contributed by atoms with Crippen molar-refractivity contribution >= 4 is 35.2 Å². The Balaban J connectivity index is 1.06. The summed E-state index contributed by atoms with van der Waals surface area (Å²) >= 11 is 3.32. The maximum absolute atomic E-state index is 11.9. The van der Waals surface area contributed by atoms with Gasteiger partial charge in [0.15, 0.2) is 5.60 Å². The largest absolute Gasteiger partial charge is 0.506 e. The van der Waals surface area contributed by atoms with E-state index in [-0.39, 0.29) is 11.6 Å². The van der Waals surface area contributed by atoms with Gasteiger partial charge in [-0.05, 0) is 67.1 Å². The van der Waals surface area contributed by atoms with E-state index in [1.165, 1.54) is 21.5 Å². The van der Waals surface area contributed by atoms with E-state index in [0.29, 0.717) is 35.4 Å². The van der Waals surface area contributed by atoms with Crippen LogP contribution >= 0.6 is 23.1 Å². The number of hydrogen-bond acceptors (Lipinski definition) is 9. The lowest BCUT2D eigenvalue weighted by Crippen LogP contribution is -2.29. The number of hydrogen-bond donors (Lipinski definition) is 5. The predicted octanol–water partition coefficient (Wildman–Crippen LogP) is 5.72. The van der Waals surface area contributed by atoms with E-state index in [0.717, 1.165) is 49.5 Å². The van der Waals surface area contributed by atoms with E-state index in [9.17, 15) is 15.0 Å². The number of anilines is 1. The summed E-state index contributed by atoms with van der Waals surface area (Å²) in [4.78, 5) is 18.9. The smallest absolute Gasteiger partial charge is 0.235 e. The molecule has 2 aromatic heterocycles. The SMILES string of the molecule is CSc1c(CCNCCc2ccc(CNCCc3cnc(C(O)(c4ccccc4)c4ccccc4)o3)s2)ccc(O)c1NC=O. The second kappa shape index (κ2) is 15.9. The first-order valence-electron chi connectivity index (χ1n) is 14.9. The van der Waals surface area contributed by atoms with Crippen molar-refractivity contribution in [2.75, 3.05) is 31.2 Å². The number of nitrogens with zero attached hydrogens (tertiary/aromatic N) is 1. The van der Waals surface area contributed by atoms with Gasteiger partial charge in [-0.2, -0.15) is 0 Å². The molecule has 0 saturated heterocycles. The molecule has 10 heteroatoms. The maximum atomic E-state index is 11.9. The highest BCUT2D eigenvalue weighted by molar-refractivity contribution is 7.98. The average Bonchev–Trinajstić information content (AvgIpc) is 3.75. The number of aliphatic hydroxyl groups is 1.